The van der Waals surface area contributed by atoms with Crippen LogP contribution in [0, 0.1) is 5.92 Å². The van der Waals surface area contributed by atoms with Gasteiger partial charge in [0.25, 0.3) is 5.91 Å². The number of ether oxygens (including phenoxy) is 1. The molecule has 1 aromatic carbocycles. The number of carbonyl (C=O) groups excluding carboxylic acids is 2. The summed E-state index contributed by atoms with van der Waals surface area (Å²) in [5.74, 6) is 0.614. The highest BCUT2D eigenvalue weighted by Gasteiger charge is 2.29. The molecule has 0 saturated carbocycles. The van der Waals surface area contributed by atoms with Crippen molar-refractivity contribution >= 4 is 17.9 Å². The van der Waals surface area contributed by atoms with Crippen molar-refractivity contribution in [3.63, 3.8) is 0 Å². The monoisotopic (exact) mass is 316 g/mol. The average Bonchev–Trinajstić information content (AvgIpc) is 3.01. The number of benzene rings is 1. The third-order valence-electron chi connectivity index (χ3n) is 4.03. The summed E-state index contributed by atoms with van der Waals surface area (Å²) in [7, 11) is 0. The molecule has 23 heavy (non-hydrogen) atoms. The van der Waals surface area contributed by atoms with Crippen LogP contribution in [-0.4, -0.2) is 35.9 Å². The number of carbonyl (C=O) groups is 2. The number of nitrogens with two attached hydrogens (primary N) is 1. The standard InChI is InChI=1S/C18H24N2O3/c1-13(2)16-4-3-11-20(16)18(22)10-7-14-5-8-15(9-6-14)23-12-17(19)21/h5-10,13,16H,3-4,11-12H2,1-2H3,(H2,19,21)/b10-7+/t16-/m0/s1. The van der Waals surface area contributed by atoms with E-state index in [0.29, 0.717) is 17.7 Å². The fourth-order valence-corrected chi connectivity index (χ4v) is 2.85. The lowest BCUT2D eigenvalue weighted by Crippen LogP contribution is -2.37. The number of rotatable bonds is 6. The molecule has 0 radical (unpaired) electrons. The second-order valence-electron chi connectivity index (χ2n) is 6.14. The third-order valence-corrected chi connectivity index (χ3v) is 4.03. The van der Waals surface area contributed by atoms with Crippen LogP contribution in [0.4, 0.5) is 0 Å². The average molecular weight is 316 g/mol. The molecular formula is C18H24N2O3. The van der Waals surface area contributed by atoms with E-state index < -0.39 is 5.91 Å². The first-order chi connectivity index (χ1) is 11.0. The predicted molar refractivity (Wildman–Crippen MR) is 89.7 cm³/mol. The molecule has 0 aliphatic carbocycles. The first-order valence-electron chi connectivity index (χ1n) is 7.97. The molecule has 0 aromatic heterocycles. The minimum atomic E-state index is -0.509. The second-order valence-corrected chi connectivity index (χ2v) is 6.14. The SMILES string of the molecule is CC(C)[C@@H]1CCCN1C(=O)/C=C/c1ccc(OCC(N)=O)cc1. The smallest absolute Gasteiger partial charge is 0.255 e. The second kappa shape index (κ2) is 7.81. The Labute approximate surface area is 137 Å². The van der Waals surface area contributed by atoms with Gasteiger partial charge >= 0.3 is 0 Å². The largest absolute Gasteiger partial charge is 0.484 e. The number of primary amides is 1. The van der Waals surface area contributed by atoms with Crippen molar-refractivity contribution in [2.24, 2.45) is 11.7 Å². The molecule has 0 spiro atoms. The molecule has 2 N–H and O–H groups in total. The summed E-state index contributed by atoms with van der Waals surface area (Å²) in [6.45, 7) is 5.01. The lowest BCUT2D eigenvalue weighted by Gasteiger charge is -2.26. The van der Waals surface area contributed by atoms with Gasteiger partial charge in [-0.05, 0) is 42.5 Å². The topological polar surface area (TPSA) is 72.6 Å². The zero-order valence-corrected chi connectivity index (χ0v) is 13.7. The highest BCUT2D eigenvalue weighted by atomic mass is 16.5. The number of hydrogen-bond donors (Lipinski definition) is 1. The van der Waals surface area contributed by atoms with Gasteiger partial charge in [-0.2, -0.15) is 0 Å². The summed E-state index contributed by atoms with van der Waals surface area (Å²) in [5, 5.41) is 0. The number of nitrogens with zero attached hydrogens (tertiary/aromatic N) is 1. The van der Waals surface area contributed by atoms with E-state index in [1.165, 1.54) is 0 Å². The highest BCUT2D eigenvalue weighted by molar-refractivity contribution is 5.92. The van der Waals surface area contributed by atoms with E-state index in [-0.39, 0.29) is 12.5 Å². The molecule has 2 amide bonds. The Bertz CT molecular complexity index is 578. The van der Waals surface area contributed by atoms with E-state index in [9.17, 15) is 9.59 Å². The van der Waals surface area contributed by atoms with Gasteiger partial charge in [-0.15, -0.1) is 0 Å². The highest BCUT2D eigenvalue weighted by Crippen LogP contribution is 2.24. The molecule has 1 heterocycles. The van der Waals surface area contributed by atoms with Gasteiger partial charge in [-0.3, -0.25) is 9.59 Å². The first-order valence-corrected chi connectivity index (χ1v) is 7.97. The van der Waals surface area contributed by atoms with E-state index in [2.05, 4.69) is 13.8 Å². The van der Waals surface area contributed by atoms with Crippen molar-refractivity contribution in [2.45, 2.75) is 32.7 Å². The molecule has 1 aliphatic heterocycles. The van der Waals surface area contributed by atoms with Crippen LogP contribution in [0.1, 0.15) is 32.3 Å². The molecule has 0 bridgehead atoms. The molecular weight excluding hydrogens is 292 g/mol. The maximum Gasteiger partial charge on any atom is 0.255 e. The van der Waals surface area contributed by atoms with Gasteiger partial charge in [0, 0.05) is 18.7 Å². The van der Waals surface area contributed by atoms with Gasteiger partial charge in [0.15, 0.2) is 6.61 Å². The maximum absolute atomic E-state index is 12.3. The molecule has 2 rings (SSSR count). The zero-order valence-electron chi connectivity index (χ0n) is 13.7. The molecule has 124 valence electrons. The minimum absolute atomic E-state index is 0.0651. The van der Waals surface area contributed by atoms with Gasteiger partial charge in [0.2, 0.25) is 5.91 Å². The van der Waals surface area contributed by atoms with E-state index in [0.717, 1.165) is 24.9 Å². The van der Waals surface area contributed by atoms with E-state index in [1.54, 1.807) is 24.3 Å². The summed E-state index contributed by atoms with van der Waals surface area (Å²) in [6, 6.07) is 7.52. The van der Waals surface area contributed by atoms with Crippen LogP contribution in [0.3, 0.4) is 0 Å². The summed E-state index contributed by atoms with van der Waals surface area (Å²) in [5.41, 5.74) is 5.93. The van der Waals surface area contributed by atoms with Crippen LogP contribution in [0.5, 0.6) is 5.75 Å². The lowest BCUT2D eigenvalue weighted by molar-refractivity contribution is -0.127. The normalized spacial score (nSPS) is 17.9. The lowest BCUT2D eigenvalue weighted by atomic mass is 10.0. The van der Waals surface area contributed by atoms with Crippen LogP contribution in [0.2, 0.25) is 0 Å². The Balaban J connectivity index is 1.94. The fraction of sp³-hybridized carbons (Fsp3) is 0.444. The first kappa shape index (κ1) is 17.1. The molecule has 1 atom stereocenters. The number of likely N-dealkylation sites (tertiary alicyclic amines) is 1. The van der Waals surface area contributed by atoms with Crippen molar-refractivity contribution in [2.75, 3.05) is 13.2 Å². The predicted octanol–water partition coefficient (Wildman–Crippen LogP) is 2.21. The summed E-state index contributed by atoms with van der Waals surface area (Å²) in [4.78, 5) is 25.0. The number of hydrogen-bond acceptors (Lipinski definition) is 3. The molecule has 0 unspecified atom stereocenters. The van der Waals surface area contributed by atoms with Gasteiger partial charge in [0.05, 0.1) is 0 Å². The van der Waals surface area contributed by atoms with Gasteiger partial charge in [-0.25, -0.2) is 0 Å². The molecule has 1 fully saturated rings. The van der Waals surface area contributed by atoms with Crippen molar-refractivity contribution < 1.29 is 14.3 Å². The van der Waals surface area contributed by atoms with Gasteiger partial charge in [-0.1, -0.05) is 26.0 Å². The zero-order chi connectivity index (χ0) is 16.8. The molecule has 5 heteroatoms. The van der Waals surface area contributed by atoms with Crippen molar-refractivity contribution in [1.29, 1.82) is 0 Å². The Morgan fingerprint density at radius 3 is 2.65 bits per heavy atom. The van der Waals surface area contributed by atoms with Crippen molar-refractivity contribution in [1.82, 2.24) is 4.90 Å². The molecule has 1 aromatic rings. The number of amides is 2. The summed E-state index contributed by atoms with van der Waals surface area (Å²) >= 11 is 0. The maximum atomic E-state index is 12.3. The Kier molecular flexibility index (Phi) is 5.79. The third kappa shape index (κ3) is 4.84. The quantitative estimate of drug-likeness (QED) is 0.818. The van der Waals surface area contributed by atoms with E-state index in [1.807, 2.05) is 17.0 Å². The van der Waals surface area contributed by atoms with Gasteiger partial charge in [0.1, 0.15) is 5.75 Å². The van der Waals surface area contributed by atoms with Crippen molar-refractivity contribution in [3.8, 4) is 5.75 Å². The fourth-order valence-electron chi connectivity index (χ4n) is 2.85. The molecule has 1 aliphatic rings. The Morgan fingerprint density at radius 2 is 2.04 bits per heavy atom. The molecule has 5 nitrogen and oxygen atoms in total. The van der Waals surface area contributed by atoms with Gasteiger partial charge < -0.3 is 15.4 Å². The molecule has 1 saturated heterocycles. The minimum Gasteiger partial charge on any atom is -0.484 e. The van der Waals surface area contributed by atoms with E-state index >= 15 is 0 Å². The Hall–Kier alpha value is -2.30. The Morgan fingerprint density at radius 1 is 1.35 bits per heavy atom. The van der Waals surface area contributed by atoms with Crippen LogP contribution in [-0.2, 0) is 9.59 Å². The van der Waals surface area contributed by atoms with Crippen LogP contribution in [0.25, 0.3) is 6.08 Å². The summed E-state index contributed by atoms with van der Waals surface area (Å²) < 4.78 is 5.20. The van der Waals surface area contributed by atoms with Crippen LogP contribution in [0.15, 0.2) is 30.3 Å². The van der Waals surface area contributed by atoms with Crippen LogP contribution < -0.4 is 10.5 Å². The van der Waals surface area contributed by atoms with E-state index in [4.69, 9.17) is 10.5 Å². The van der Waals surface area contributed by atoms with Crippen molar-refractivity contribution in [3.05, 3.63) is 35.9 Å². The summed E-state index contributed by atoms with van der Waals surface area (Å²) in [6.07, 6.45) is 5.59. The van der Waals surface area contributed by atoms with Crippen LogP contribution >= 0.6 is 0 Å².